The average molecular weight is 443 g/mol. The number of carboxylic acids is 1. The van der Waals surface area contributed by atoms with Gasteiger partial charge in [-0.15, -0.1) is 0 Å². The van der Waals surface area contributed by atoms with Gasteiger partial charge in [-0.25, -0.2) is 4.79 Å². The van der Waals surface area contributed by atoms with Gasteiger partial charge in [0.05, 0.1) is 16.6 Å². The third kappa shape index (κ3) is 4.87. The molecule has 31 heavy (non-hydrogen) atoms. The van der Waals surface area contributed by atoms with Crippen LogP contribution in [-0.4, -0.2) is 49.5 Å². The van der Waals surface area contributed by atoms with Crippen molar-refractivity contribution in [2.45, 2.75) is 32.4 Å². The smallest absolute Gasteiger partial charge is 0.333 e. The standard InChI is InChI=1S/C24H27ClN2O4/c1-14-9-20(25)22(10-15(14)2)31-8-7-30-18-5-3-16(4-6-18)19-11-17-12-26-13-21(27-17)23(19)24(28)29/h3-6,9-10,17,21,26-27H,7-8,11-13H2,1-2H3,(H,28,29)/t17?,21-/m1/s1. The fourth-order valence-electron chi connectivity index (χ4n) is 4.17. The Morgan fingerprint density at radius 2 is 1.81 bits per heavy atom. The highest BCUT2D eigenvalue weighted by atomic mass is 35.5. The van der Waals surface area contributed by atoms with Crippen LogP contribution in [0.25, 0.3) is 5.57 Å². The van der Waals surface area contributed by atoms with Crippen LogP contribution in [-0.2, 0) is 4.79 Å². The molecular weight excluding hydrogens is 416 g/mol. The highest BCUT2D eigenvalue weighted by molar-refractivity contribution is 6.32. The normalized spacial score (nSPS) is 20.5. The number of halogens is 1. The van der Waals surface area contributed by atoms with Gasteiger partial charge < -0.3 is 25.2 Å². The number of piperazine rings is 1. The highest BCUT2D eigenvalue weighted by Crippen LogP contribution is 2.32. The Kier molecular flexibility index (Phi) is 6.51. The van der Waals surface area contributed by atoms with E-state index >= 15 is 0 Å². The predicted molar refractivity (Wildman–Crippen MR) is 121 cm³/mol. The summed E-state index contributed by atoms with van der Waals surface area (Å²) in [6, 6.07) is 11.5. The zero-order valence-electron chi connectivity index (χ0n) is 17.7. The summed E-state index contributed by atoms with van der Waals surface area (Å²) in [5, 5.41) is 17.1. The quantitative estimate of drug-likeness (QED) is 0.569. The van der Waals surface area contributed by atoms with Gasteiger partial charge in [0, 0.05) is 19.1 Å². The Hall–Kier alpha value is -2.54. The average Bonchev–Trinajstić information content (AvgIpc) is 2.74. The summed E-state index contributed by atoms with van der Waals surface area (Å²) in [4.78, 5) is 11.9. The number of hydrogen-bond donors (Lipinski definition) is 3. The molecular formula is C24H27ClN2O4. The van der Waals surface area contributed by atoms with Crippen molar-refractivity contribution in [2.75, 3.05) is 26.3 Å². The monoisotopic (exact) mass is 442 g/mol. The third-order valence-electron chi connectivity index (χ3n) is 5.89. The molecule has 1 fully saturated rings. The number of hydrogen-bond acceptors (Lipinski definition) is 5. The molecule has 6 nitrogen and oxygen atoms in total. The van der Waals surface area contributed by atoms with Gasteiger partial charge in [0.1, 0.15) is 24.7 Å². The number of fused-ring (bicyclic) bond motifs is 2. The van der Waals surface area contributed by atoms with Crippen molar-refractivity contribution in [1.82, 2.24) is 10.6 Å². The van der Waals surface area contributed by atoms with E-state index in [2.05, 4.69) is 10.6 Å². The second-order valence-corrected chi connectivity index (χ2v) is 8.47. The van der Waals surface area contributed by atoms with E-state index < -0.39 is 5.97 Å². The molecule has 1 saturated heterocycles. The summed E-state index contributed by atoms with van der Waals surface area (Å²) in [7, 11) is 0. The molecule has 0 aromatic heterocycles. The topological polar surface area (TPSA) is 79.8 Å². The van der Waals surface area contributed by atoms with Crippen molar-refractivity contribution in [3.8, 4) is 11.5 Å². The van der Waals surface area contributed by atoms with Gasteiger partial charge in [-0.05, 0) is 66.8 Å². The van der Waals surface area contributed by atoms with Crippen molar-refractivity contribution in [1.29, 1.82) is 0 Å². The van der Waals surface area contributed by atoms with E-state index in [1.807, 2.05) is 50.2 Å². The molecule has 4 rings (SSSR count). The van der Waals surface area contributed by atoms with Crippen LogP contribution in [0.1, 0.15) is 23.1 Å². The maximum Gasteiger partial charge on any atom is 0.333 e. The SMILES string of the molecule is Cc1cc(Cl)c(OCCOc2ccc(C3=C(C(=O)O)[C@H]4CNCC(C3)N4)cc2)cc1C. The number of benzene rings is 2. The van der Waals surface area contributed by atoms with Gasteiger partial charge >= 0.3 is 5.97 Å². The minimum Gasteiger partial charge on any atom is -0.490 e. The van der Waals surface area contributed by atoms with Gasteiger partial charge in [0.15, 0.2) is 0 Å². The molecule has 7 heteroatoms. The number of aryl methyl sites for hydroxylation is 2. The van der Waals surface area contributed by atoms with E-state index in [0.717, 1.165) is 28.8 Å². The first kappa shape index (κ1) is 21.7. The zero-order valence-corrected chi connectivity index (χ0v) is 18.5. The summed E-state index contributed by atoms with van der Waals surface area (Å²) in [6.07, 6.45) is 0.690. The predicted octanol–water partition coefficient (Wildman–Crippen LogP) is 3.59. The van der Waals surface area contributed by atoms with Crippen LogP contribution in [0.15, 0.2) is 42.0 Å². The molecule has 3 N–H and O–H groups in total. The van der Waals surface area contributed by atoms with Crippen LogP contribution in [0.3, 0.4) is 0 Å². The number of aliphatic carboxylic acids is 1. The molecule has 0 radical (unpaired) electrons. The second-order valence-electron chi connectivity index (χ2n) is 8.06. The van der Waals surface area contributed by atoms with E-state index in [9.17, 15) is 9.90 Å². The maximum atomic E-state index is 11.9. The molecule has 2 aliphatic heterocycles. The molecule has 1 unspecified atom stereocenters. The first-order chi connectivity index (χ1) is 14.9. The molecule has 0 aliphatic carbocycles. The van der Waals surface area contributed by atoms with Crippen molar-refractivity contribution in [3.63, 3.8) is 0 Å². The summed E-state index contributed by atoms with van der Waals surface area (Å²) < 4.78 is 11.5. The lowest BCUT2D eigenvalue weighted by Crippen LogP contribution is -2.58. The minimum atomic E-state index is -0.864. The maximum absolute atomic E-state index is 11.9. The lowest BCUT2D eigenvalue weighted by molar-refractivity contribution is -0.133. The van der Waals surface area contributed by atoms with Gasteiger partial charge in [0.2, 0.25) is 0 Å². The summed E-state index contributed by atoms with van der Waals surface area (Å²) in [6.45, 7) is 6.27. The Balaban J connectivity index is 1.38. The molecule has 164 valence electrons. The van der Waals surface area contributed by atoms with Crippen molar-refractivity contribution in [3.05, 3.63) is 63.7 Å². The van der Waals surface area contributed by atoms with Crippen LogP contribution >= 0.6 is 11.6 Å². The molecule has 2 atom stereocenters. The fraction of sp³-hybridized carbons (Fsp3) is 0.375. The zero-order chi connectivity index (χ0) is 22.0. The van der Waals surface area contributed by atoms with Gasteiger partial charge in [0.25, 0.3) is 0 Å². The number of carbonyl (C=O) groups is 1. The number of carboxylic acid groups (broad SMARTS) is 1. The van der Waals surface area contributed by atoms with Gasteiger partial charge in [-0.2, -0.15) is 0 Å². The molecule has 0 amide bonds. The molecule has 2 aliphatic rings. The Bertz CT molecular complexity index is 1000. The van der Waals surface area contributed by atoms with Crippen LogP contribution < -0.4 is 20.1 Å². The summed E-state index contributed by atoms with van der Waals surface area (Å²) in [5.74, 6) is 0.506. The van der Waals surface area contributed by atoms with Crippen LogP contribution in [0, 0.1) is 13.8 Å². The first-order valence-electron chi connectivity index (χ1n) is 10.5. The molecule has 2 heterocycles. The lowest BCUT2D eigenvalue weighted by atomic mass is 9.84. The Labute approximate surface area is 187 Å². The molecule has 2 bridgehead atoms. The third-order valence-corrected chi connectivity index (χ3v) is 6.19. The van der Waals surface area contributed by atoms with E-state index in [1.165, 1.54) is 0 Å². The van der Waals surface area contributed by atoms with Crippen molar-refractivity contribution in [2.24, 2.45) is 0 Å². The first-order valence-corrected chi connectivity index (χ1v) is 10.9. The van der Waals surface area contributed by atoms with Crippen molar-refractivity contribution >= 4 is 23.1 Å². The molecule has 2 aromatic rings. The minimum absolute atomic E-state index is 0.162. The van der Waals surface area contributed by atoms with E-state index in [-0.39, 0.29) is 12.1 Å². The summed E-state index contributed by atoms with van der Waals surface area (Å²) in [5.41, 5.74) is 4.55. The highest BCUT2D eigenvalue weighted by Gasteiger charge is 2.35. The Morgan fingerprint density at radius 3 is 2.55 bits per heavy atom. The lowest BCUT2D eigenvalue weighted by Gasteiger charge is -2.38. The van der Waals surface area contributed by atoms with E-state index in [4.69, 9.17) is 21.1 Å². The van der Waals surface area contributed by atoms with E-state index in [1.54, 1.807) is 0 Å². The number of nitrogens with one attached hydrogen (secondary N) is 2. The van der Waals surface area contributed by atoms with E-state index in [0.29, 0.717) is 48.3 Å². The van der Waals surface area contributed by atoms with Crippen LogP contribution in [0.5, 0.6) is 11.5 Å². The number of rotatable bonds is 7. The molecule has 0 saturated carbocycles. The van der Waals surface area contributed by atoms with Gasteiger partial charge in [-0.3, -0.25) is 0 Å². The second kappa shape index (κ2) is 9.30. The molecule has 0 spiro atoms. The Morgan fingerprint density at radius 1 is 1.10 bits per heavy atom. The summed E-state index contributed by atoms with van der Waals surface area (Å²) >= 11 is 6.24. The van der Waals surface area contributed by atoms with Crippen molar-refractivity contribution < 1.29 is 19.4 Å². The van der Waals surface area contributed by atoms with Crippen LogP contribution in [0.4, 0.5) is 0 Å². The van der Waals surface area contributed by atoms with Gasteiger partial charge in [-0.1, -0.05) is 23.7 Å². The number of ether oxygens (including phenoxy) is 2. The van der Waals surface area contributed by atoms with Crippen LogP contribution in [0.2, 0.25) is 5.02 Å². The fourth-order valence-corrected chi connectivity index (χ4v) is 4.44. The molecule has 2 aromatic carbocycles. The largest absolute Gasteiger partial charge is 0.490 e.